The van der Waals surface area contributed by atoms with Gasteiger partial charge in [-0.05, 0) is 31.0 Å². The van der Waals surface area contributed by atoms with E-state index < -0.39 is 0 Å². The fourth-order valence-electron chi connectivity index (χ4n) is 1.70. The highest BCUT2D eigenvalue weighted by Crippen LogP contribution is 2.05. The molecule has 0 radical (unpaired) electrons. The molecule has 0 aliphatic carbocycles. The van der Waals surface area contributed by atoms with Crippen LogP contribution in [0.25, 0.3) is 0 Å². The quantitative estimate of drug-likeness (QED) is 0.633. The fourth-order valence-corrected chi connectivity index (χ4v) is 1.70. The first-order valence-electron chi connectivity index (χ1n) is 6.83. The van der Waals surface area contributed by atoms with Gasteiger partial charge in [-0.1, -0.05) is 13.3 Å². The highest BCUT2D eigenvalue weighted by Gasteiger charge is 2.09. The van der Waals surface area contributed by atoms with Crippen molar-refractivity contribution in [2.45, 2.75) is 32.8 Å². The topological polar surface area (TPSA) is 77.5 Å². The second-order valence-corrected chi connectivity index (χ2v) is 4.55. The third-order valence-electron chi connectivity index (χ3n) is 3.00. The van der Waals surface area contributed by atoms with Crippen molar-refractivity contribution in [1.82, 2.24) is 5.32 Å². The zero-order valence-electron chi connectivity index (χ0n) is 11.6. The van der Waals surface area contributed by atoms with Gasteiger partial charge in [0.25, 0.3) is 0 Å². The Morgan fingerprint density at radius 3 is 3.05 bits per heavy atom. The van der Waals surface area contributed by atoms with Crippen molar-refractivity contribution in [2.75, 3.05) is 19.7 Å². The summed E-state index contributed by atoms with van der Waals surface area (Å²) < 4.78 is 10.6. The van der Waals surface area contributed by atoms with Crippen LogP contribution in [-0.4, -0.2) is 25.6 Å². The molecular weight excluding hydrogens is 244 g/mol. The van der Waals surface area contributed by atoms with E-state index in [2.05, 4.69) is 5.32 Å². The number of carbonyl (C=O) groups excluding carboxylic acids is 1. The van der Waals surface area contributed by atoms with Gasteiger partial charge in [0.1, 0.15) is 12.4 Å². The lowest BCUT2D eigenvalue weighted by Gasteiger charge is -2.11. The summed E-state index contributed by atoms with van der Waals surface area (Å²) in [4.78, 5) is 11.6. The van der Waals surface area contributed by atoms with Crippen LogP contribution in [0.2, 0.25) is 0 Å². The van der Waals surface area contributed by atoms with E-state index >= 15 is 0 Å². The Kier molecular flexibility index (Phi) is 7.93. The summed E-state index contributed by atoms with van der Waals surface area (Å²) in [5, 5.41) is 2.88. The molecule has 1 atom stereocenters. The predicted molar refractivity (Wildman–Crippen MR) is 73.4 cm³/mol. The van der Waals surface area contributed by atoms with Gasteiger partial charge in [0, 0.05) is 19.6 Å². The van der Waals surface area contributed by atoms with E-state index in [0.29, 0.717) is 32.7 Å². The minimum atomic E-state index is 0.0725. The molecule has 0 aliphatic rings. The molecule has 0 aliphatic heterocycles. The van der Waals surface area contributed by atoms with Crippen LogP contribution in [0.4, 0.5) is 0 Å². The lowest BCUT2D eigenvalue weighted by atomic mass is 10.0. The maximum absolute atomic E-state index is 11.6. The molecule has 0 spiro atoms. The number of hydrogen-bond acceptors (Lipinski definition) is 4. The van der Waals surface area contributed by atoms with Gasteiger partial charge in [-0.2, -0.15) is 0 Å². The molecule has 0 saturated heterocycles. The average Bonchev–Trinajstić information content (AvgIpc) is 2.93. The van der Waals surface area contributed by atoms with Gasteiger partial charge >= 0.3 is 0 Å². The van der Waals surface area contributed by atoms with Crippen molar-refractivity contribution in [1.29, 1.82) is 0 Å². The molecular formula is C14H24N2O3. The first kappa shape index (κ1) is 15.7. The Labute approximate surface area is 114 Å². The Bertz CT molecular complexity index is 334. The van der Waals surface area contributed by atoms with Gasteiger partial charge in [-0.25, -0.2) is 0 Å². The molecule has 1 heterocycles. The Morgan fingerprint density at radius 1 is 1.58 bits per heavy atom. The van der Waals surface area contributed by atoms with Crippen LogP contribution in [0, 0.1) is 5.92 Å². The maximum atomic E-state index is 11.6. The number of nitrogens with two attached hydrogens (primary N) is 1. The summed E-state index contributed by atoms with van der Waals surface area (Å²) >= 11 is 0. The van der Waals surface area contributed by atoms with E-state index in [4.69, 9.17) is 14.9 Å². The van der Waals surface area contributed by atoms with Crippen LogP contribution < -0.4 is 11.1 Å². The summed E-state index contributed by atoms with van der Waals surface area (Å²) in [6.07, 6.45) is 3.88. The van der Waals surface area contributed by atoms with Gasteiger partial charge in [0.2, 0.25) is 5.91 Å². The van der Waals surface area contributed by atoms with Crippen molar-refractivity contribution in [2.24, 2.45) is 11.7 Å². The third kappa shape index (κ3) is 6.98. The van der Waals surface area contributed by atoms with Crippen LogP contribution >= 0.6 is 0 Å². The minimum Gasteiger partial charge on any atom is -0.467 e. The van der Waals surface area contributed by atoms with Gasteiger partial charge in [-0.3, -0.25) is 4.79 Å². The van der Waals surface area contributed by atoms with Crippen LogP contribution in [0.15, 0.2) is 22.8 Å². The molecule has 0 aromatic carbocycles. The molecule has 1 rings (SSSR count). The van der Waals surface area contributed by atoms with E-state index in [1.807, 2.05) is 19.1 Å². The first-order chi connectivity index (χ1) is 9.26. The molecule has 0 saturated carbocycles. The molecule has 3 N–H and O–H groups in total. The number of nitrogens with one attached hydrogen (secondary N) is 1. The normalized spacial score (nSPS) is 12.3. The maximum Gasteiger partial charge on any atom is 0.220 e. The van der Waals surface area contributed by atoms with Crippen LogP contribution in [-0.2, 0) is 16.1 Å². The number of carbonyl (C=O) groups is 1. The van der Waals surface area contributed by atoms with Gasteiger partial charge < -0.3 is 20.2 Å². The van der Waals surface area contributed by atoms with Crippen molar-refractivity contribution in [3.8, 4) is 0 Å². The molecule has 0 fully saturated rings. The van der Waals surface area contributed by atoms with Crippen molar-refractivity contribution in [3.05, 3.63) is 24.2 Å². The number of furan rings is 1. The SMILES string of the molecule is CCC(CN)CC(=O)NCCCOCc1ccco1. The Hall–Kier alpha value is -1.33. The number of amides is 1. The minimum absolute atomic E-state index is 0.0725. The van der Waals surface area contributed by atoms with Crippen molar-refractivity contribution >= 4 is 5.91 Å². The number of rotatable bonds is 10. The van der Waals surface area contributed by atoms with Crippen LogP contribution in [0.1, 0.15) is 31.9 Å². The van der Waals surface area contributed by atoms with E-state index in [-0.39, 0.29) is 11.8 Å². The lowest BCUT2D eigenvalue weighted by molar-refractivity contribution is -0.122. The third-order valence-corrected chi connectivity index (χ3v) is 3.00. The summed E-state index contributed by atoms with van der Waals surface area (Å²) in [5.74, 6) is 1.18. The molecule has 5 heteroatoms. The molecule has 1 amide bonds. The van der Waals surface area contributed by atoms with E-state index in [0.717, 1.165) is 18.6 Å². The predicted octanol–water partition coefficient (Wildman–Crippen LogP) is 1.68. The molecule has 1 unspecified atom stereocenters. The zero-order valence-corrected chi connectivity index (χ0v) is 11.6. The van der Waals surface area contributed by atoms with E-state index in [1.165, 1.54) is 0 Å². The lowest BCUT2D eigenvalue weighted by Crippen LogP contribution is -2.29. The standard InChI is InChI=1S/C14H24N2O3/c1-2-12(10-15)9-14(17)16-6-4-7-18-11-13-5-3-8-19-13/h3,5,8,12H,2,4,6-7,9-11,15H2,1H3,(H,16,17). The highest BCUT2D eigenvalue weighted by molar-refractivity contribution is 5.76. The average molecular weight is 268 g/mol. The number of hydrogen-bond donors (Lipinski definition) is 2. The van der Waals surface area contributed by atoms with Gasteiger partial charge in [0.05, 0.1) is 6.26 Å². The van der Waals surface area contributed by atoms with Gasteiger partial charge in [-0.15, -0.1) is 0 Å². The highest BCUT2D eigenvalue weighted by atomic mass is 16.5. The second kappa shape index (κ2) is 9.58. The van der Waals surface area contributed by atoms with E-state index in [1.54, 1.807) is 6.26 Å². The molecule has 1 aromatic rings. The first-order valence-corrected chi connectivity index (χ1v) is 6.83. The summed E-state index contributed by atoms with van der Waals surface area (Å²) in [7, 11) is 0. The van der Waals surface area contributed by atoms with Crippen molar-refractivity contribution < 1.29 is 13.9 Å². The Balaban J connectivity index is 1.96. The molecule has 108 valence electrons. The second-order valence-electron chi connectivity index (χ2n) is 4.55. The number of ether oxygens (including phenoxy) is 1. The largest absolute Gasteiger partial charge is 0.467 e. The fraction of sp³-hybridized carbons (Fsp3) is 0.643. The summed E-state index contributed by atoms with van der Waals surface area (Å²) in [6, 6.07) is 3.71. The monoisotopic (exact) mass is 268 g/mol. The summed E-state index contributed by atoms with van der Waals surface area (Å²) in [5.41, 5.74) is 5.56. The Morgan fingerprint density at radius 2 is 2.42 bits per heavy atom. The van der Waals surface area contributed by atoms with Gasteiger partial charge in [0.15, 0.2) is 0 Å². The van der Waals surface area contributed by atoms with E-state index in [9.17, 15) is 4.79 Å². The van der Waals surface area contributed by atoms with Crippen molar-refractivity contribution in [3.63, 3.8) is 0 Å². The van der Waals surface area contributed by atoms with Crippen LogP contribution in [0.3, 0.4) is 0 Å². The molecule has 5 nitrogen and oxygen atoms in total. The molecule has 19 heavy (non-hydrogen) atoms. The zero-order chi connectivity index (χ0) is 13.9. The summed E-state index contributed by atoms with van der Waals surface area (Å²) in [6.45, 7) is 4.34. The molecule has 0 bridgehead atoms. The smallest absolute Gasteiger partial charge is 0.220 e. The van der Waals surface area contributed by atoms with Crippen LogP contribution in [0.5, 0.6) is 0 Å². The molecule has 1 aromatic heterocycles.